The normalized spacial score (nSPS) is 23.6. The molecule has 0 saturated carbocycles. The van der Waals surface area contributed by atoms with E-state index in [0.717, 1.165) is 31.5 Å². The summed E-state index contributed by atoms with van der Waals surface area (Å²) < 4.78 is 34.4. The molecule has 0 spiro atoms. The van der Waals surface area contributed by atoms with E-state index in [-0.39, 0.29) is 18.0 Å². The molecular formula is C14H19F2NO2. The van der Waals surface area contributed by atoms with Crippen LogP contribution in [0, 0.1) is 0 Å². The molecule has 1 fully saturated rings. The highest BCUT2D eigenvalue weighted by Gasteiger charge is 2.22. The topological polar surface area (TPSA) is 30.5 Å². The Morgan fingerprint density at radius 3 is 2.68 bits per heavy atom. The molecule has 0 aliphatic carbocycles. The molecule has 0 amide bonds. The monoisotopic (exact) mass is 271 g/mol. The Bertz CT molecular complexity index is 382. The summed E-state index contributed by atoms with van der Waals surface area (Å²) in [5.74, 6) is 0.174. The van der Waals surface area contributed by atoms with Gasteiger partial charge in [0.05, 0.1) is 12.2 Å². The average molecular weight is 271 g/mol. The Hall–Kier alpha value is -1.20. The third kappa shape index (κ3) is 4.14. The van der Waals surface area contributed by atoms with Crippen LogP contribution in [0.1, 0.15) is 31.4 Å². The Morgan fingerprint density at radius 1 is 1.32 bits per heavy atom. The predicted octanol–water partition coefficient (Wildman–Crippen LogP) is 3.12. The molecule has 1 aromatic carbocycles. The largest absolute Gasteiger partial charge is 0.435 e. The Morgan fingerprint density at radius 2 is 2.05 bits per heavy atom. The van der Waals surface area contributed by atoms with Crippen LogP contribution < -0.4 is 10.1 Å². The molecule has 1 N–H and O–H groups in total. The van der Waals surface area contributed by atoms with E-state index < -0.39 is 6.61 Å². The number of morpholine rings is 1. The van der Waals surface area contributed by atoms with Gasteiger partial charge in [0.2, 0.25) is 0 Å². The number of hydrogen-bond donors (Lipinski definition) is 1. The highest BCUT2D eigenvalue weighted by molar-refractivity contribution is 5.29. The summed E-state index contributed by atoms with van der Waals surface area (Å²) in [6, 6.07) is 6.65. The van der Waals surface area contributed by atoms with Crippen molar-refractivity contribution in [1.29, 1.82) is 0 Å². The van der Waals surface area contributed by atoms with Crippen molar-refractivity contribution in [2.45, 2.75) is 38.6 Å². The molecule has 2 atom stereocenters. The summed E-state index contributed by atoms with van der Waals surface area (Å²) in [6.07, 6.45) is 2.31. The summed E-state index contributed by atoms with van der Waals surface area (Å²) in [6.45, 7) is 0.961. The number of rotatable bonds is 5. The molecule has 1 aliphatic rings. The van der Waals surface area contributed by atoms with E-state index in [0.29, 0.717) is 0 Å². The third-order valence-corrected chi connectivity index (χ3v) is 3.15. The van der Waals surface area contributed by atoms with Crippen molar-refractivity contribution >= 4 is 0 Å². The zero-order valence-corrected chi connectivity index (χ0v) is 10.9. The van der Waals surface area contributed by atoms with Crippen molar-refractivity contribution in [3.05, 3.63) is 29.8 Å². The van der Waals surface area contributed by atoms with Crippen molar-refractivity contribution in [3.8, 4) is 5.75 Å². The maximum absolute atomic E-state index is 12.1. The molecule has 19 heavy (non-hydrogen) atoms. The van der Waals surface area contributed by atoms with Gasteiger partial charge in [0.15, 0.2) is 0 Å². The van der Waals surface area contributed by atoms with E-state index in [1.807, 2.05) is 0 Å². The molecule has 1 heterocycles. The molecule has 0 aromatic heterocycles. The van der Waals surface area contributed by atoms with Crippen molar-refractivity contribution < 1.29 is 18.3 Å². The Labute approximate surface area is 111 Å². The molecule has 2 rings (SSSR count). The van der Waals surface area contributed by atoms with Gasteiger partial charge in [-0.15, -0.1) is 0 Å². The maximum Gasteiger partial charge on any atom is 0.387 e. The maximum atomic E-state index is 12.1. The van der Waals surface area contributed by atoms with E-state index in [2.05, 4.69) is 17.0 Å². The first kappa shape index (κ1) is 14.2. The predicted molar refractivity (Wildman–Crippen MR) is 68.5 cm³/mol. The van der Waals surface area contributed by atoms with Gasteiger partial charge in [-0.2, -0.15) is 8.78 Å². The standard InChI is InChI=1S/C14H19F2NO2/c1-2-3-12-8-17-9-13(18-12)10-4-6-11(7-5-10)19-14(15)16/h4-7,12-14,17H,2-3,8-9H2,1H3. The van der Waals surface area contributed by atoms with Gasteiger partial charge >= 0.3 is 6.61 Å². The fourth-order valence-electron chi connectivity index (χ4n) is 2.26. The number of alkyl halides is 2. The highest BCUT2D eigenvalue weighted by Crippen LogP contribution is 2.25. The van der Waals surface area contributed by atoms with E-state index in [4.69, 9.17) is 4.74 Å². The van der Waals surface area contributed by atoms with Crippen LogP contribution in [0.15, 0.2) is 24.3 Å². The van der Waals surface area contributed by atoms with Crippen molar-refractivity contribution in [1.82, 2.24) is 5.32 Å². The van der Waals surface area contributed by atoms with E-state index in [1.54, 1.807) is 24.3 Å². The lowest BCUT2D eigenvalue weighted by Gasteiger charge is -2.31. The zero-order chi connectivity index (χ0) is 13.7. The van der Waals surface area contributed by atoms with Gasteiger partial charge in [-0.3, -0.25) is 0 Å². The van der Waals surface area contributed by atoms with E-state index >= 15 is 0 Å². The lowest BCUT2D eigenvalue weighted by Crippen LogP contribution is -2.40. The first-order valence-corrected chi connectivity index (χ1v) is 6.60. The van der Waals surface area contributed by atoms with Crippen LogP contribution in [0.3, 0.4) is 0 Å². The molecule has 1 aliphatic heterocycles. The van der Waals surface area contributed by atoms with Gasteiger partial charge in [-0.1, -0.05) is 25.5 Å². The second-order valence-corrected chi connectivity index (χ2v) is 4.64. The first-order chi connectivity index (χ1) is 9.19. The quantitative estimate of drug-likeness (QED) is 0.892. The average Bonchev–Trinajstić information content (AvgIpc) is 2.40. The number of nitrogens with one attached hydrogen (secondary N) is 1. The van der Waals surface area contributed by atoms with Crippen LogP contribution >= 0.6 is 0 Å². The second-order valence-electron chi connectivity index (χ2n) is 4.64. The summed E-state index contributed by atoms with van der Waals surface area (Å²) >= 11 is 0. The van der Waals surface area contributed by atoms with Gasteiger partial charge in [-0.25, -0.2) is 0 Å². The Kier molecular flexibility index (Phi) is 5.10. The molecule has 3 nitrogen and oxygen atoms in total. The minimum atomic E-state index is -2.78. The second kappa shape index (κ2) is 6.82. The zero-order valence-electron chi connectivity index (χ0n) is 10.9. The van der Waals surface area contributed by atoms with Gasteiger partial charge in [0, 0.05) is 13.1 Å². The minimum Gasteiger partial charge on any atom is -0.435 e. The van der Waals surface area contributed by atoms with Gasteiger partial charge in [0.25, 0.3) is 0 Å². The SMILES string of the molecule is CCCC1CNCC(c2ccc(OC(F)F)cc2)O1. The third-order valence-electron chi connectivity index (χ3n) is 3.15. The molecule has 1 saturated heterocycles. The van der Waals surface area contributed by atoms with Crippen LogP contribution in [0.25, 0.3) is 0 Å². The fraction of sp³-hybridized carbons (Fsp3) is 0.571. The van der Waals surface area contributed by atoms with Crippen LogP contribution in [0.4, 0.5) is 8.78 Å². The summed E-state index contributed by atoms with van der Waals surface area (Å²) in [7, 11) is 0. The molecular weight excluding hydrogens is 252 g/mol. The number of halogens is 2. The fourth-order valence-corrected chi connectivity index (χ4v) is 2.26. The molecule has 106 valence electrons. The van der Waals surface area contributed by atoms with Crippen LogP contribution in [-0.2, 0) is 4.74 Å². The van der Waals surface area contributed by atoms with Gasteiger partial charge < -0.3 is 14.8 Å². The highest BCUT2D eigenvalue weighted by atomic mass is 19.3. The van der Waals surface area contributed by atoms with E-state index in [1.165, 1.54) is 0 Å². The van der Waals surface area contributed by atoms with Crippen LogP contribution in [0.5, 0.6) is 5.75 Å². The first-order valence-electron chi connectivity index (χ1n) is 6.60. The smallest absolute Gasteiger partial charge is 0.387 e. The number of benzene rings is 1. The van der Waals surface area contributed by atoms with Gasteiger partial charge in [0.1, 0.15) is 5.75 Å². The van der Waals surface area contributed by atoms with Crippen molar-refractivity contribution in [3.63, 3.8) is 0 Å². The molecule has 5 heteroatoms. The van der Waals surface area contributed by atoms with E-state index in [9.17, 15) is 8.78 Å². The van der Waals surface area contributed by atoms with Gasteiger partial charge in [-0.05, 0) is 24.1 Å². The molecule has 1 aromatic rings. The molecule has 0 radical (unpaired) electrons. The van der Waals surface area contributed by atoms with Crippen LogP contribution in [0.2, 0.25) is 0 Å². The van der Waals surface area contributed by atoms with Crippen LogP contribution in [-0.4, -0.2) is 25.8 Å². The Balaban J connectivity index is 1.97. The summed E-state index contributed by atoms with van der Waals surface area (Å²) in [5.41, 5.74) is 0.981. The summed E-state index contributed by atoms with van der Waals surface area (Å²) in [5, 5.41) is 3.34. The number of hydrogen-bond acceptors (Lipinski definition) is 3. The van der Waals surface area contributed by atoms with Crippen molar-refractivity contribution in [2.75, 3.05) is 13.1 Å². The molecule has 2 unspecified atom stereocenters. The lowest BCUT2D eigenvalue weighted by molar-refractivity contribution is -0.0502. The lowest BCUT2D eigenvalue weighted by atomic mass is 10.1. The minimum absolute atomic E-state index is 0.0223. The summed E-state index contributed by atoms with van der Waals surface area (Å²) in [4.78, 5) is 0. The number of ether oxygens (including phenoxy) is 2. The van der Waals surface area contributed by atoms with Crippen molar-refractivity contribution in [2.24, 2.45) is 0 Å². The molecule has 0 bridgehead atoms.